The minimum atomic E-state index is -0.162. The molecule has 0 radical (unpaired) electrons. The molecular weight excluding hydrogens is 318 g/mol. The maximum absolute atomic E-state index is 12.7. The van der Waals surface area contributed by atoms with E-state index in [2.05, 4.69) is 30.7 Å². The van der Waals surface area contributed by atoms with Gasteiger partial charge in [0.25, 0.3) is 5.91 Å². The van der Waals surface area contributed by atoms with E-state index in [1.165, 1.54) is 6.33 Å². The van der Waals surface area contributed by atoms with Crippen LogP contribution in [-0.2, 0) is 0 Å². The number of benzene rings is 1. The Morgan fingerprint density at radius 1 is 1.08 bits per heavy atom. The fraction of sp³-hybridized carbons (Fsp3) is 0.235. The lowest BCUT2D eigenvalue weighted by molar-refractivity contribution is 0.102. The first-order chi connectivity index (χ1) is 12.3. The van der Waals surface area contributed by atoms with Crippen molar-refractivity contribution in [2.75, 3.05) is 23.3 Å². The first-order valence-electron chi connectivity index (χ1n) is 8.16. The molecule has 0 unspecified atom stereocenters. The van der Waals surface area contributed by atoms with E-state index in [0.29, 0.717) is 11.3 Å². The molecular formula is C17H17N7O. The number of carbonyl (C=O) groups excluding carboxylic acids is 1. The van der Waals surface area contributed by atoms with E-state index in [4.69, 9.17) is 0 Å². The summed E-state index contributed by atoms with van der Waals surface area (Å²) in [6, 6.07) is 10.9. The standard InChI is InChI=1S/C17H17N7O/c25-17(15-4-3-9-18-16(15)23-10-1-2-11-23)20-13-5-7-14(8-6-13)24-12-19-21-22-24/h3-9,12H,1-2,10-11H2,(H,20,25). The van der Waals surface area contributed by atoms with E-state index < -0.39 is 0 Å². The molecule has 1 fully saturated rings. The number of anilines is 2. The molecule has 0 bridgehead atoms. The normalized spacial score (nSPS) is 13.8. The van der Waals surface area contributed by atoms with E-state index >= 15 is 0 Å². The summed E-state index contributed by atoms with van der Waals surface area (Å²) in [4.78, 5) is 19.3. The molecule has 1 aromatic carbocycles. The van der Waals surface area contributed by atoms with Gasteiger partial charge in [-0.1, -0.05) is 0 Å². The van der Waals surface area contributed by atoms with Crippen LogP contribution in [0.25, 0.3) is 5.69 Å². The van der Waals surface area contributed by atoms with Gasteiger partial charge >= 0.3 is 0 Å². The van der Waals surface area contributed by atoms with Crippen molar-refractivity contribution in [3.8, 4) is 5.69 Å². The maximum atomic E-state index is 12.7. The predicted molar refractivity (Wildman–Crippen MR) is 92.8 cm³/mol. The van der Waals surface area contributed by atoms with Crippen molar-refractivity contribution >= 4 is 17.4 Å². The van der Waals surface area contributed by atoms with Crippen LogP contribution in [0.5, 0.6) is 0 Å². The van der Waals surface area contributed by atoms with Crippen LogP contribution in [0.15, 0.2) is 48.9 Å². The molecule has 8 heteroatoms. The molecule has 1 saturated heterocycles. The number of hydrogen-bond acceptors (Lipinski definition) is 6. The Morgan fingerprint density at radius 3 is 2.60 bits per heavy atom. The molecule has 1 aliphatic rings. The molecule has 0 saturated carbocycles. The van der Waals surface area contributed by atoms with E-state index in [0.717, 1.165) is 37.4 Å². The third kappa shape index (κ3) is 3.18. The van der Waals surface area contributed by atoms with Crippen molar-refractivity contribution in [2.24, 2.45) is 0 Å². The van der Waals surface area contributed by atoms with Crippen molar-refractivity contribution < 1.29 is 4.79 Å². The molecule has 1 amide bonds. The average molecular weight is 335 g/mol. The summed E-state index contributed by atoms with van der Waals surface area (Å²) in [5.74, 6) is 0.591. The van der Waals surface area contributed by atoms with Crippen molar-refractivity contribution in [1.29, 1.82) is 0 Å². The Morgan fingerprint density at radius 2 is 1.88 bits per heavy atom. The number of rotatable bonds is 4. The molecule has 4 rings (SSSR count). The van der Waals surface area contributed by atoms with Gasteiger partial charge in [-0.15, -0.1) is 5.10 Å². The molecule has 0 aliphatic carbocycles. The zero-order valence-electron chi connectivity index (χ0n) is 13.5. The van der Waals surface area contributed by atoms with Crippen LogP contribution in [0.4, 0.5) is 11.5 Å². The van der Waals surface area contributed by atoms with E-state index in [-0.39, 0.29) is 5.91 Å². The summed E-state index contributed by atoms with van der Waals surface area (Å²) in [7, 11) is 0. The summed E-state index contributed by atoms with van der Waals surface area (Å²) in [6.07, 6.45) is 5.52. The van der Waals surface area contributed by atoms with Crippen LogP contribution < -0.4 is 10.2 Å². The van der Waals surface area contributed by atoms with Gasteiger partial charge in [-0.2, -0.15) is 0 Å². The van der Waals surface area contributed by atoms with E-state index in [1.54, 1.807) is 16.9 Å². The van der Waals surface area contributed by atoms with Gasteiger partial charge in [0.05, 0.1) is 11.3 Å². The van der Waals surface area contributed by atoms with Crippen LogP contribution in [-0.4, -0.2) is 44.2 Å². The number of pyridine rings is 1. The molecule has 8 nitrogen and oxygen atoms in total. The van der Waals surface area contributed by atoms with E-state index in [1.807, 2.05) is 30.3 Å². The summed E-state index contributed by atoms with van der Waals surface area (Å²) in [6.45, 7) is 1.88. The monoisotopic (exact) mass is 335 g/mol. The second-order valence-electron chi connectivity index (χ2n) is 5.82. The number of nitrogens with one attached hydrogen (secondary N) is 1. The van der Waals surface area contributed by atoms with E-state index in [9.17, 15) is 4.79 Å². The molecule has 25 heavy (non-hydrogen) atoms. The number of carbonyl (C=O) groups is 1. The number of amides is 1. The molecule has 126 valence electrons. The SMILES string of the molecule is O=C(Nc1ccc(-n2cnnn2)cc1)c1cccnc1N1CCCC1. The van der Waals surface area contributed by atoms with Crippen molar-refractivity contribution in [3.63, 3.8) is 0 Å². The van der Waals surface area contributed by atoms with Crippen molar-refractivity contribution in [1.82, 2.24) is 25.2 Å². The largest absolute Gasteiger partial charge is 0.356 e. The summed E-state index contributed by atoms with van der Waals surface area (Å²) >= 11 is 0. The molecule has 1 aliphatic heterocycles. The number of hydrogen-bond donors (Lipinski definition) is 1. The fourth-order valence-electron chi connectivity index (χ4n) is 2.93. The van der Waals surface area contributed by atoms with Crippen molar-refractivity contribution in [2.45, 2.75) is 12.8 Å². The van der Waals surface area contributed by atoms with Gasteiger partial charge in [-0.3, -0.25) is 4.79 Å². The summed E-state index contributed by atoms with van der Waals surface area (Å²) in [5, 5.41) is 14.0. The Kier molecular flexibility index (Phi) is 4.07. The highest BCUT2D eigenvalue weighted by atomic mass is 16.1. The quantitative estimate of drug-likeness (QED) is 0.783. The van der Waals surface area contributed by atoms with Gasteiger partial charge in [-0.25, -0.2) is 9.67 Å². The summed E-state index contributed by atoms with van der Waals surface area (Å²) in [5.41, 5.74) is 2.12. The third-order valence-corrected chi connectivity index (χ3v) is 4.18. The third-order valence-electron chi connectivity index (χ3n) is 4.18. The lowest BCUT2D eigenvalue weighted by Crippen LogP contribution is -2.24. The van der Waals surface area contributed by atoms with Gasteiger partial charge < -0.3 is 10.2 Å². The zero-order valence-corrected chi connectivity index (χ0v) is 13.5. The van der Waals surface area contributed by atoms with Crippen LogP contribution in [0.1, 0.15) is 23.2 Å². The molecule has 3 aromatic rings. The summed E-state index contributed by atoms with van der Waals surface area (Å²) < 4.78 is 1.55. The number of aromatic nitrogens is 5. The molecule has 2 aromatic heterocycles. The number of tetrazole rings is 1. The fourth-order valence-corrected chi connectivity index (χ4v) is 2.93. The van der Waals surface area contributed by atoms with Crippen LogP contribution in [0.3, 0.4) is 0 Å². The highest BCUT2D eigenvalue weighted by Gasteiger charge is 2.20. The highest BCUT2D eigenvalue weighted by molar-refractivity contribution is 6.07. The zero-order chi connectivity index (χ0) is 17.1. The highest BCUT2D eigenvalue weighted by Crippen LogP contribution is 2.23. The van der Waals surface area contributed by atoms with Gasteiger partial charge in [0.15, 0.2) is 0 Å². The molecule has 0 atom stereocenters. The molecule has 1 N–H and O–H groups in total. The van der Waals surface area contributed by atoms with Gasteiger partial charge in [-0.05, 0) is 59.7 Å². The molecule has 3 heterocycles. The second-order valence-corrected chi connectivity index (χ2v) is 5.82. The Bertz CT molecular complexity index is 855. The minimum absolute atomic E-state index is 0.162. The lowest BCUT2D eigenvalue weighted by Gasteiger charge is -2.19. The lowest BCUT2D eigenvalue weighted by atomic mass is 10.2. The van der Waals surface area contributed by atoms with Crippen LogP contribution in [0.2, 0.25) is 0 Å². The van der Waals surface area contributed by atoms with Gasteiger partial charge in [0.2, 0.25) is 0 Å². The first-order valence-corrected chi connectivity index (χ1v) is 8.16. The number of nitrogens with zero attached hydrogens (tertiary/aromatic N) is 6. The first kappa shape index (κ1) is 15.3. The average Bonchev–Trinajstić information content (AvgIpc) is 3.36. The Balaban J connectivity index is 1.52. The van der Waals surface area contributed by atoms with Crippen LogP contribution in [0, 0.1) is 0 Å². The van der Waals surface area contributed by atoms with Gasteiger partial charge in [0.1, 0.15) is 12.1 Å². The topological polar surface area (TPSA) is 88.8 Å². The predicted octanol–water partition coefficient (Wildman–Crippen LogP) is 1.91. The van der Waals surface area contributed by atoms with Gasteiger partial charge in [0, 0.05) is 25.0 Å². The minimum Gasteiger partial charge on any atom is -0.356 e. The van der Waals surface area contributed by atoms with Crippen molar-refractivity contribution in [3.05, 3.63) is 54.5 Å². The smallest absolute Gasteiger partial charge is 0.259 e. The maximum Gasteiger partial charge on any atom is 0.259 e. The Hall–Kier alpha value is -3.29. The molecule has 0 spiro atoms. The van der Waals surface area contributed by atoms with Crippen LogP contribution >= 0.6 is 0 Å². The Labute approximate surface area is 144 Å². The second kappa shape index (κ2) is 6.68.